The molecule has 0 aliphatic carbocycles. The minimum atomic E-state index is -1.75. The minimum absolute atomic E-state index is 0.119. The zero-order valence-corrected chi connectivity index (χ0v) is 12.4. The van der Waals surface area contributed by atoms with Crippen LogP contribution >= 0.6 is 9.95 Å². The van der Waals surface area contributed by atoms with Crippen molar-refractivity contribution in [1.29, 1.82) is 0 Å². The summed E-state index contributed by atoms with van der Waals surface area (Å²) in [5, 5.41) is 0. The predicted molar refractivity (Wildman–Crippen MR) is 67.0 cm³/mol. The molecule has 4 heteroatoms. The van der Waals surface area contributed by atoms with Crippen LogP contribution in [0.1, 0.15) is 31.9 Å². The molecular formula is C12H16AsClO2. The fourth-order valence-corrected chi connectivity index (χ4v) is 5.30. The van der Waals surface area contributed by atoms with E-state index in [1.54, 1.807) is 0 Å². The monoisotopic (exact) mass is 302 g/mol. The van der Waals surface area contributed by atoms with Crippen molar-refractivity contribution in [2.45, 2.75) is 39.6 Å². The fourth-order valence-electron chi connectivity index (χ4n) is 1.59. The number of fused-ring (bicyclic) bond motifs is 1. The molecular weight excluding hydrogens is 287 g/mol. The second-order valence-electron chi connectivity index (χ2n) is 4.84. The van der Waals surface area contributed by atoms with Gasteiger partial charge in [-0.1, -0.05) is 0 Å². The number of hydrogen-bond donors (Lipinski definition) is 0. The summed E-state index contributed by atoms with van der Waals surface area (Å²) in [5.41, 5.74) is 2.32. The molecule has 1 aliphatic rings. The molecule has 0 saturated heterocycles. The van der Waals surface area contributed by atoms with E-state index in [1.165, 1.54) is 15.5 Å². The summed E-state index contributed by atoms with van der Waals surface area (Å²) in [6.45, 7) is 7.46. The summed E-state index contributed by atoms with van der Waals surface area (Å²) in [6, 6.07) is 6.23. The van der Waals surface area contributed by atoms with Gasteiger partial charge in [0.25, 0.3) is 0 Å². The van der Waals surface area contributed by atoms with E-state index in [-0.39, 0.29) is 5.60 Å². The van der Waals surface area contributed by atoms with E-state index >= 15 is 0 Å². The first kappa shape index (κ1) is 12.4. The Hall–Kier alpha value is -0.0116. The quantitative estimate of drug-likeness (QED) is 0.781. The van der Waals surface area contributed by atoms with Crippen molar-refractivity contribution in [3.05, 3.63) is 29.3 Å². The van der Waals surface area contributed by atoms with Crippen LogP contribution in [0.3, 0.4) is 0 Å². The normalized spacial score (nSPS) is 19.9. The molecule has 1 aromatic carbocycles. The zero-order valence-electron chi connectivity index (χ0n) is 9.79. The number of ether oxygens (including phenoxy) is 1. The van der Waals surface area contributed by atoms with E-state index in [2.05, 4.69) is 32.9 Å². The molecule has 0 aromatic heterocycles. The topological polar surface area (TPSA) is 18.5 Å². The number of hydrogen-bond acceptors (Lipinski definition) is 2. The Kier molecular flexibility index (Phi) is 3.65. The van der Waals surface area contributed by atoms with Crippen LogP contribution in [0.25, 0.3) is 0 Å². The van der Waals surface area contributed by atoms with Gasteiger partial charge in [0, 0.05) is 0 Å². The summed E-state index contributed by atoms with van der Waals surface area (Å²) in [6.07, 6.45) is 0. The Morgan fingerprint density at radius 3 is 2.88 bits per heavy atom. The molecule has 0 radical (unpaired) electrons. The van der Waals surface area contributed by atoms with Crippen molar-refractivity contribution >= 4 is 28.4 Å². The van der Waals surface area contributed by atoms with E-state index in [0.29, 0.717) is 13.2 Å². The third-order valence-corrected chi connectivity index (χ3v) is 6.45. The molecule has 1 aromatic rings. The van der Waals surface area contributed by atoms with Crippen molar-refractivity contribution < 1.29 is 8.46 Å². The number of halogens is 1. The third-order valence-electron chi connectivity index (χ3n) is 2.37. The van der Waals surface area contributed by atoms with Gasteiger partial charge < -0.3 is 0 Å². The van der Waals surface area contributed by atoms with Gasteiger partial charge in [-0.2, -0.15) is 0 Å². The van der Waals surface area contributed by atoms with Crippen molar-refractivity contribution in [2.24, 2.45) is 0 Å². The first-order valence-electron chi connectivity index (χ1n) is 5.31. The van der Waals surface area contributed by atoms with Gasteiger partial charge >= 0.3 is 106 Å². The van der Waals surface area contributed by atoms with Gasteiger partial charge in [0.15, 0.2) is 0 Å². The molecule has 0 N–H and O–H groups in total. The first-order valence-corrected chi connectivity index (χ1v) is 9.48. The van der Waals surface area contributed by atoms with E-state index < -0.39 is 14.1 Å². The van der Waals surface area contributed by atoms with E-state index in [1.807, 2.05) is 6.07 Å². The Bertz CT molecular complexity index is 387. The Labute approximate surface area is 106 Å². The van der Waals surface area contributed by atoms with Gasteiger partial charge in [-0.3, -0.25) is 0 Å². The molecule has 0 bridgehead atoms. The molecule has 88 valence electrons. The third kappa shape index (κ3) is 2.81. The van der Waals surface area contributed by atoms with E-state index in [0.717, 1.165) is 0 Å². The van der Waals surface area contributed by atoms with Gasteiger partial charge in [-0.25, -0.2) is 0 Å². The molecule has 1 atom stereocenters. The van der Waals surface area contributed by atoms with Crippen molar-refractivity contribution in [3.8, 4) is 0 Å². The molecule has 1 heterocycles. The molecule has 0 fully saturated rings. The van der Waals surface area contributed by atoms with Gasteiger partial charge in [0.2, 0.25) is 0 Å². The summed E-state index contributed by atoms with van der Waals surface area (Å²) in [5.74, 6) is 0. The zero-order chi connectivity index (χ0) is 11.8. The molecule has 0 saturated carbocycles. The molecule has 1 aliphatic heterocycles. The predicted octanol–water partition coefficient (Wildman–Crippen LogP) is 2.47. The van der Waals surface area contributed by atoms with Crippen molar-refractivity contribution in [3.63, 3.8) is 0 Å². The first-order chi connectivity index (χ1) is 7.47. The van der Waals surface area contributed by atoms with Crippen molar-refractivity contribution in [1.82, 2.24) is 0 Å². The summed E-state index contributed by atoms with van der Waals surface area (Å²) in [7, 11) is 6.27. The van der Waals surface area contributed by atoms with E-state index in [4.69, 9.17) is 18.4 Å². The van der Waals surface area contributed by atoms with Crippen LogP contribution in [-0.2, 0) is 21.7 Å². The average molecular weight is 303 g/mol. The van der Waals surface area contributed by atoms with Crippen LogP contribution < -0.4 is 4.35 Å². The summed E-state index contributed by atoms with van der Waals surface area (Å²) < 4.78 is 12.6. The Morgan fingerprint density at radius 1 is 1.44 bits per heavy atom. The van der Waals surface area contributed by atoms with Gasteiger partial charge in [0.05, 0.1) is 0 Å². The van der Waals surface area contributed by atoms with Crippen LogP contribution in [0.15, 0.2) is 18.2 Å². The second kappa shape index (κ2) is 4.70. The Balaban J connectivity index is 2.19. The molecule has 0 spiro atoms. The van der Waals surface area contributed by atoms with Crippen LogP contribution in [0.4, 0.5) is 0 Å². The van der Waals surface area contributed by atoms with Crippen LogP contribution in [-0.4, -0.2) is 19.7 Å². The Morgan fingerprint density at radius 2 is 2.19 bits per heavy atom. The number of benzene rings is 1. The van der Waals surface area contributed by atoms with Gasteiger partial charge in [-0.05, 0) is 0 Å². The summed E-state index contributed by atoms with van der Waals surface area (Å²) >= 11 is -1.75. The maximum absolute atomic E-state index is 6.27. The molecule has 0 amide bonds. The molecule has 2 nitrogen and oxygen atoms in total. The summed E-state index contributed by atoms with van der Waals surface area (Å²) in [4.78, 5) is 0. The maximum atomic E-state index is 6.27. The second-order valence-corrected chi connectivity index (χ2v) is 8.95. The molecule has 2 rings (SSSR count). The van der Waals surface area contributed by atoms with Crippen molar-refractivity contribution in [2.75, 3.05) is 0 Å². The van der Waals surface area contributed by atoms with Gasteiger partial charge in [-0.15, -0.1) is 0 Å². The van der Waals surface area contributed by atoms with Gasteiger partial charge in [0.1, 0.15) is 0 Å². The number of rotatable bonds is 2. The van der Waals surface area contributed by atoms with Crippen LogP contribution in [0, 0.1) is 0 Å². The van der Waals surface area contributed by atoms with Crippen LogP contribution in [0.2, 0.25) is 0 Å². The fraction of sp³-hybridized carbons (Fsp3) is 0.500. The average Bonchev–Trinajstić information content (AvgIpc) is 2.57. The van der Waals surface area contributed by atoms with E-state index in [9.17, 15) is 0 Å². The molecule has 16 heavy (non-hydrogen) atoms. The van der Waals surface area contributed by atoms with Crippen LogP contribution in [0.5, 0.6) is 0 Å². The SMILES string of the molecule is CC(C)(C)OCc1cccc2c1[As](Cl)OC2. The standard InChI is InChI=1S/C12H16AsClO2/c1-12(2,3)15-7-9-5-4-6-10-8-16-13(14)11(9)10/h4-6H,7-8H2,1-3H3. The molecule has 1 unspecified atom stereocenters.